The van der Waals surface area contributed by atoms with Gasteiger partial charge in [-0.25, -0.2) is 0 Å². The van der Waals surface area contributed by atoms with E-state index in [2.05, 4.69) is 21.3 Å². The molecule has 1 amide bonds. The van der Waals surface area contributed by atoms with Crippen molar-refractivity contribution in [3.8, 4) is 0 Å². The molecule has 4 nitrogen and oxygen atoms in total. The van der Waals surface area contributed by atoms with E-state index in [0.717, 1.165) is 41.1 Å². The number of amides is 1. The van der Waals surface area contributed by atoms with Gasteiger partial charge >= 0.3 is 0 Å². The summed E-state index contributed by atoms with van der Waals surface area (Å²) in [5.74, 6) is -0.0895. The molecule has 2 heterocycles. The van der Waals surface area contributed by atoms with E-state index in [4.69, 9.17) is 0 Å². The van der Waals surface area contributed by atoms with E-state index in [1.165, 1.54) is 12.8 Å². The van der Waals surface area contributed by atoms with Crippen molar-refractivity contribution in [2.24, 2.45) is 0 Å². The lowest BCUT2D eigenvalue weighted by atomic mass is 10.1. The van der Waals surface area contributed by atoms with Gasteiger partial charge in [0.2, 0.25) is 0 Å². The fourth-order valence-corrected chi connectivity index (χ4v) is 3.50. The van der Waals surface area contributed by atoms with E-state index in [1.54, 1.807) is 0 Å². The highest BCUT2D eigenvalue weighted by atomic mass is 16.1. The summed E-state index contributed by atoms with van der Waals surface area (Å²) in [6.07, 6.45) is 2.41. The maximum Gasteiger partial charge on any atom is 0.256 e. The van der Waals surface area contributed by atoms with E-state index >= 15 is 0 Å². The zero-order chi connectivity index (χ0) is 17.2. The number of aryl methyl sites for hydroxylation is 1. The molecule has 0 aliphatic carbocycles. The number of nitrogens with one attached hydrogen (secondary N) is 1. The Morgan fingerprint density at radius 2 is 1.76 bits per heavy atom. The Hall–Kier alpha value is -2.88. The van der Waals surface area contributed by atoms with Gasteiger partial charge in [-0.2, -0.15) is 0 Å². The largest absolute Gasteiger partial charge is 0.370 e. The van der Waals surface area contributed by atoms with Crippen LogP contribution in [0.3, 0.4) is 0 Å². The van der Waals surface area contributed by atoms with E-state index < -0.39 is 0 Å². The molecule has 126 valence electrons. The van der Waals surface area contributed by atoms with Crippen molar-refractivity contribution in [2.75, 3.05) is 23.3 Å². The van der Waals surface area contributed by atoms with Crippen LogP contribution < -0.4 is 10.2 Å². The molecule has 1 N–H and O–H groups in total. The maximum atomic E-state index is 13.0. The molecule has 1 aromatic heterocycles. The van der Waals surface area contributed by atoms with Crippen LogP contribution in [0.5, 0.6) is 0 Å². The number of benzene rings is 2. The van der Waals surface area contributed by atoms with E-state index in [0.29, 0.717) is 5.56 Å². The van der Waals surface area contributed by atoms with Crippen molar-refractivity contribution in [1.29, 1.82) is 0 Å². The lowest BCUT2D eigenvalue weighted by Gasteiger charge is -2.21. The molecule has 1 fully saturated rings. The number of pyridine rings is 1. The highest BCUT2D eigenvalue weighted by Crippen LogP contribution is 2.29. The molecule has 25 heavy (non-hydrogen) atoms. The van der Waals surface area contributed by atoms with Gasteiger partial charge in [-0.1, -0.05) is 30.3 Å². The highest BCUT2D eigenvalue weighted by molar-refractivity contribution is 6.13. The molecule has 3 aromatic rings. The first kappa shape index (κ1) is 15.6. The number of rotatable bonds is 3. The van der Waals surface area contributed by atoms with Crippen LogP contribution in [0.15, 0.2) is 54.6 Å². The van der Waals surface area contributed by atoms with Gasteiger partial charge in [0.05, 0.1) is 22.5 Å². The molecular weight excluding hydrogens is 310 g/mol. The second-order valence-electron chi connectivity index (χ2n) is 6.49. The smallest absolute Gasteiger partial charge is 0.256 e. The Morgan fingerprint density at radius 3 is 2.60 bits per heavy atom. The zero-order valence-electron chi connectivity index (χ0n) is 14.3. The minimum atomic E-state index is -0.0895. The summed E-state index contributed by atoms with van der Waals surface area (Å²) >= 11 is 0. The SMILES string of the molecule is Cc1cc(C(=O)Nc2ccccc2N2CCCC2)c2ccccc2n1. The monoisotopic (exact) mass is 331 g/mol. The molecule has 0 radical (unpaired) electrons. The van der Waals surface area contributed by atoms with Crippen LogP contribution >= 0.6 is 0 Å². The molecule has 0 unspecified atom stereocenters. The van der Waals surface area contributed by atoms with Crippen LogP contribution in [0.2, 0.25) is 0 Å². The molecule has 0 spiro atoms. The first-order valence-electron chi connectivity index (χ1n) is 8.74. The van der Waals surface area contributed by atoms with E-state index in [-0.39, 0.29) is 5.91 Å². The fraction of sp³-hybridized carbons (Fsp3) is 0.238. The normalized spacial score (nSPS) is 14.0. The number of para-hydroxylation sites is 3. The van der Waals surface area contributed by atoms with Crippen molar-refractivity contribution < 1.29 is 4.79 Å². The predicted octanol–water partition coefficient (Wildman–Crippen LogP) is 4.40. The number of aromatic nitrogens is 1. The third-order valence-corrected chi connectivity index (χ3v) is 4.69. The predicted molar refractivity (Wildman–Crippen MR) is 102 cm³/mol. The molecular formula is C21H21N3O. The summed E-state index contributed by atoms with van der Waals surface area (Å²) in [6.45, 7) is 4.01. The number of hydrogen-bond donors (Lipinski definition) is 1. The Labute approximate surface area is 147 Å². The summed E-state index contributed by atoms with van der Waals surface area (Å²) in [6, 6.07) is 17.7. The second-order valence-corrected chi connectivity index (χ2v) is 6.49. The minimum absolute atomic E-state index is 0.0895. The lowest BCUT2D eigenvalue weighted by molar-refractivity contribution is 0.102. The molecule has 0 bridgehead atoms. The van der Waals surface area contributed by atoms with Gasteiger partial charge in [0.25, 0.3) is 5.91 Å². The molecule has 4 rings (SSSR count). The van der Waals surface area contributed by atoms with Gasteiger partial charge in [-0.3, -0.25) is 9.78 Å². The van der Waals surface area contributed by atoms with Crippen molar-refractivity contribution in [1.82, 2.24) is 4.98 Å². The summed E-state index contributed by atoms with van der Waals surface area (Å²) in [5.41, 5.74) is 4.33. The maximum absolute atomic E-state index is 13.0. The van der Waals surface area contributed by atoms with Crippen molar-refractivity contribution >= 4 is 28.2 Å². The number of carbonyl (C=O) groups is 1. The summed E-state index contributed by atoms with van der Waals surface area (Å²) < 4.78 is 0. The number of nitrogens with zero attached hydrogens (tertiary/aromatic N) is 2. The molecule has 1 aliphatic heterocycles. The van der Waals surface area contributed by atoms with Crippen LogP contribution in [0.1, 0.15) is 28.9 Å². The van der Waals surface area contributed by atoms with Crippen molar-refractivity contribution in [3.05, 3.63) is 65.9 Å². The Kier molecular flexibility index (Phi) is 4.10. The van der Waals surface area contributed by atoms with Gasteiger partial charge in [-0.15, -0.1) is 0 Å². The summed E-state index contributed by atoms with van der Waals surface area (Å²) in [4.78, 5) is 19.8. The second kappa shape index (κ2) is 6.55. The summed E-state index contributed by atoms with van der Waals surface area (Å²) in [5, 5.41) is 3.99. The van der Waals surface area contributed by atoms with Gasteiger partial charge in [0, 0.05) is 24.2 Å². The summed E-state index contributed by atoms with van der Waals surface area (Å²) in [7, 11) is 0. The van der Waals surface area contributed by atoms with Crippen LogP contribution in [-0.2, 0) is 0 Å². The van der Waals surface area contributed by atoms with Crippen LogP contribution in [0.4, 0.5) is 11.4 Å². The van der Waals surface area contributed by atoms with Crippen molar-refractivity contribution in [3.63, 3.8) is 0 Å². The molecule has 1 saturated heterocycles. The molecule has 2 aromatic carbocycles. The molecule has 1 aliphatic rings. The van der Waals surface area contributed by atoms with Gasteiger partial charge in [-0.05, 0) is 44.0 Å². The Balaban J connectivity index is 1.70. The third-order valence-electron chi connectivity index (χ3n) is 4.69. The topological polar surface area (TPSA) is 45.2 Å². The quantitative estimate of drug-likeness (QED) is 0.774. The number of carbonyl (C=O) groups excluding carboxylic acids is 1. The highest BCUT2D eigenvalue weighted by Gasteiger charge is 2.18. The van der Waals surface area contributed by atoms with E-state index in [9.17, 15) is 4.79 Å². The average Bonchev–Trinajstić information content (AvgIpc) is 3.16. The van der Waals surface area contributed by atoms with Crippen LogP contribution in [0.25, 0.3) is 10.9 Å². The van der Waals surface area contributed by atoms with Gasteiger partial charge in [0.1, 0.15) is 0 Å². The lowest BCUT2D eigenvalue weighted by Crippen LogP contribution is -2.21. The number of fused-ring (bicyclic) bond motifs is 1. The average molecular weight is 331 g/mol. The Bertz CT molecular complexity index is 929. The molecule has 0 saturated carbocycles. The van der Waals surface area contributed by atoms with E-state index in [1.807, 2.05) is 55.5 Å². The molecule has 4 heteroatoms. The van der Waals surface area contributed by atoms with Crippen LogP contribution in [-0.4, -0.2) is 24.0 Å². The first-order chi connectivity index (χ1) is 12.2. The minimum Gasteiger partial charge on any atom is -0.370 e. The zero-order valence-corrected chi connectivity index (χ0v) is 14.3. The first-order valence-corrected chi connectivity index (χ1v) is 8.74. The third kappa shape index (κ3) is 3.07. The standard InChI is InChI=1S/C21H21N3O/c1-15-14-17(16-8-2-3-9-18(16)22-15)21(25)23-19-10-4-5-11-20(19)24-12-6-7-13-24/h2-5,8-11,14H,6-7,12-13H2,1H3,(H,23,25). The number of anilines is 2. The fourth-order valence-electron chi connectivity index (χ4n) is 3.50. The van der Waals surface area contributed by atoms with Gasteiger partial charge < -0.3 is 10.2 Å². The van der Waals surface area contributed by atoms with Crippen LogP contribution in [0, 0.1) is 6.92 Å². The molecule has 0 atom stereocenters. The van der Waals surface area contributed by atoms with Gasteiger partial charge in [0.15, 0.2) is 0 Å². The number of hydrogen-bond acceptors (Lipinski definition) is 3. The Morgan fingerprint density at radius 1 is 1.04 bits per heavy atom. The van der Waals surface area contributed by atoms with Crippen molar-refractivity contribution in [2.45, 2.75) is 19.8 Å².